The molecular weight excluding hydrogens is 284 g/mol. The Kier molecular flexibility index (Phi) is 4.52. The van der Waals surface area contributed by atoms with E-state index < -0.39 is 0 Å². The van der Waals surface area contributed by atoms with Gasteiger partial charge in [-0.1, -0.05) is 48.5 Å². The zero-order valence-corrected chi connectivity index (χ0v) is 13.4. The van der Waals surface area contributed by atoms with Crippen molar-refractivity contribution in [2.75, 3.05) is 17.2 Å². The van der Waals surface area contributed by atoms with E-state index in [2.05, 4.69) is 45.7 Å². The molecule has 0 amide bonds. The van der Waals surface area contributed by atoms with Crippen LogP contribution in [0.25, 0.3) is 11.3 Å². The molecule has 2 N–H and O–H groups in total. The van der Waals surface area contributed by atoms with Crippen molar-refractivity contribution in [3.05, 3.63) is 66.2 Å². The molecule has 3 rings (SSSR count). The quantitative estimate of drug-likeness (QED) is 0.721. The molecule has 0 aliphatic rings. The summed E-state index contributed by atoms with van der Waals surface area (Å²) in [6.07, 6.45) is 0. The second-order valence-electron chi connectivity index (χ2n) is 5.30. The minimum absolute atomic E-state index is 0.630. The van der Waals surface area contributed by atoms with Gasteiger partial charge in [0.15, 0.2) is 0 Å². The normalized spacial score (nSPS) is 10.3. The van der Waals surface area contributed by atoms with E-state index in [-0.39, 0.29) is 0 Å². The molecule has 0 fully saturated rings. The average molecular weight is 304 g/mol. The molecule has 0 saturated heterocycles. The number of anilines is 3. The first-order valence-electron chi connectivity index (χ1n) is 7.77. The monoisotopic (exact) mass is 304 g/mol. The van der Waals surface area contributed by atoms with Gasteiger partial charge in [-0.25, -0.2) is 4.98 Å². The minimum Gasteiger partial charge on any atom is -0.354 e. The van der Waals surface area contributed by atoms with Crippen LogP contribution in [0, 0.1) is 6.92 Å². The van der Waals surface area contributed by atoms with Crippen LogP contribution < -0.4 is 10.6 Å². The van der Waals surface area contributed by atoms with E-state index in [4.69, 9.17) is 0 Å². The van der Waals surface area contributed by atoms with Gasteiger partial charge in [0, 0.05) is 23.9 Å². The summed E-state index contributed by atoms with van der Waals surface area (Å²) in [5.74, 6) is 1.41. The third-order valence-corrected chi connectivity index (χ3v) is 3.54. The van der Waals surface area contributed by atoms with Gasteiger partial charge in [0.2, 0.25) is 5.95 Å². The maximum atomic E-state index is 4.60. The molecule has 116 valence electrons. The maximum Gasteiger partial charge on any atom is 0.225 e. The Morgan fingerprint density at radius 1 is 0.913 bits per heavy atom. The molecule has 0 saturated carbocycles. The zero-order chi connectivity index (χ0) is 16.1. The predicted octanol–water partition coefficient (Wildman–Crippen LogP) is 4.63. The zero-order valence-electron chi connectivity index (χ0n) is 13.4. The summed E-state index contributed by atoms with van der Waals surface area (Å²) in [5, 5.41) is 6.59. The fourth-order valence-electron chi connectivity index (χ4n) is 2.36. The number of nitrogens with one attached hydrogen (secondary N) is 2. The Morgan fingerprint density at radius 3 is 2.39 bits per heavy atom. The van der Waals surface area contributed by atoms with E-state index in [1.54, 1.807) is 0 Å². The number of benzene rings is 2. The van der Waals surface area contributed by atoms with Crippen LogP contribution in [-0.2, 0) is 0 Å². The molecule has 1 aromatic heterocycles. The molecule has 0 atom stereocenters. The van der Waals surface area contributed by atoms with Gasteiger partial charge in [-0.2, -0.15) is 4.98 Å². The molecule has 0 bridgehead atoms. The van der Waals surface area contributed by atoms with Crippen molar-refractivity contribution >= 4 is 17.5 Å². The highest BCUT2D eigenvalue weighted by atomic mass is 15.1. The van der Waals surface area contributed by atoms with Crippen molar-refractivity contribution in [2.45, 2.75) is 13.8 Å². The summed E-state index contributed by atoms with van der Waals surface area (Å²) in [4.78, 5) is 9.15. The number of aromatic nitrogens is 2. The van der Waals surface area contributed by atoms with Crippen LogP contribution in [0.3, 0.4) is 0 Å². The minimum atomic E-state index is 0.630. The molecule has 0 aliphatic heterocycles. The summed E-state index contributed by atoms with van der Waals surface area (Å²) >= 11 is 0. The molecule has 0 aliphatic carbocycles. The second-order valence-corrected chi connectivity index (χ2v) is 5.30. The highest BCUT2D eigenvalue weighted by Crippen LogP contribution is 2.24. The van der Waals surface area contributed by atoms with Crippen molar-refractivity contribution in [3.8, 4) is 11.3 Å². The van der Waals surface area contributed by atoms with Crippen LogP contribution in [0.4, 0.5) is 17.5 Å². The number of nitrogens with zero attached hydrogens (tertiary/aromatic N) is 2. The molecule has 0 radical (unpaired) electrons. The van der Waals surface area contributed by atoms with E-state index in [9.17, 15) is 0 Å². The van der Waals surface area contributed by atoms with Crippen LogP contribution >= 0.6 is 0 Å². The Labute approximate surface area is 136 Å². The lowest BCUT2D eigenvalue weighted by Gasteiger charge is -2.12. The first kappa shape index (κ1) is 15.0. The molecular formula is C19H20N4. The summed E-state index contributed by atoms with van der Waals surface area (Å²) in [7, 11) is 0. The number of hydrogen-bond donors (Lipinski definition) is 2. The van der Waals surface area contributed by atoms with Gasteiger partial charge in [-0.3, -0.25) is 0 Å². The predicted molar refractivity (Wildman–Crippen MR) is 96.1 cm³/mol. The van der Waals surface area contributed by atoms with Crippen LogP contribution in [-0.4, -0.2) is 16.5 Å². The molecule has 0 unspecified atom stereocenters. The molecule has 4 heteroatoms. The van der Waals surface area contributed by atoms with E-state index in [1.165, 1.54) is 5.56 Å². The molecule has 3 aromatic rings. The average Bonchev–Trinajstić information content (AvgIpc) is 2.58. The lowest BCUT2D eigenvalue weighted by Crippen LogP contribution is -2.05. The van der Waals surface area contributed by atoms with Crippen LogP contribution in [0.1, 0.15) is 12.5 Å². The summed E-state index contributed by atoms with van der Waals surface area (Å²) in [6, 6.07) is 20.3. The first-order chi connectivity index (χ1) is 11.3. The van der Waals surface area contributed by atoms with Gasteiger partial charge in [0.1, 0.15) is 5.82 Å². The molecule has 4 nitrogen and oxygen atoms in total. The van der Waals surface area contributed by atoms with Crippen LogP contribution in [0.5, 0.6) is 0 Å². The van der Waals surface area contributed by atoms with Gasteiger partial charge in [-0.05, 0) is 25.5 Å². The summed E-state index contributed by atoms with van der Waals surface area (Å²) in [6.45, 7) is 4.89. The van der Waals surface area contributed by atoms with Crippen molar-refractivity contribution in [3.63, 3.8) is 0 Å². The van der Waals surface area contributed by atoms with E-state index in [0.29, 0.717) is 5.95 Å². The van der Waals surface area contributed by atoms with Crippen molar-refractivity contribution in [1.82, 2.24) is 9.97 Å². The summed E-state index contributed by atoms with van der Waals surface area (Å²) in [5.41, 5.74) is 4.19. The third kappa shape index (κ3) is 3.66. The second kappa shape index (κ2) is 6.92. The molecule has 1 heterocycles. The number of para-hydroxylation sites is 1. The van der Waals surface area contributed by atoms with Crippen LogP contribution in [0.15, 0.2) is 60.7 Å². The largest absolute Gasteiger partial charge is 0.354 e. The van der Waals surface area contributed by atoms with Crippen molar-refractivity contribution < 1.29 is 0 Å². The van der Waals surface area contributed by atoms with Gasteiger partial charge in [0.05, 0.1) is 5.69 Å². The fourth-order valence-corrected chi connectivity index (χ4v) is 2.36. The first-order valence-corrected chi connectivity index (χ1v) is 7.77. The SMILES string of the molecule is CCNc1nc(Nc2ccccc2C)cc(-c2ccccc2)n1. The molecule has 2 aromatic carbocycles. The van der Waals surface area contributed by atoms with Gasteiger partial charge in [0.25, 0.3) is 0 Å². The van der Waals surface area contributed by atoms with E-state index in [1.807, 2.05) is 49.4 Å². The Balaban J connectivity index is 1.99. The fraction of sp³-hybridized carbons (Fsp3) is 0.158. The number of aryl methyl sites for hydroxylation is 1. The van der Waals surface area contributed by atoms with E-state index >= 15 is 0 Å². The van der Waals surface area contributed by atoms with Crippen molar-refractivity contribution in [1.29, 1.82) is 0 Å². The lowest BCUT2D eigenvalue weighted by atomic mass is 10.1. The molecule has 23 heavy (non-hydrogen) atoms. The highest BCUT2D eigenvalue weighted by molar-refractivity contribution is 5.68. The Bertz CT molecular complexity index is 784. The van der Waals surface area contributed by atoms with E-state index in [0.717, 1.165) is 29.3 Å². The van der Waals surface area contributed by atoms with Gasteiger partial charge >= 0.3 is 0 Å². The highest BCUT2D eigenvalue weighted by Gasteiger charge is 2.07. The number of hydrogen-bond acceptors (Lipinski definition) is 4. The van der Waals surface area contributed by atoms with Crippen LogP contribution in [0.2, 0.25) is 0 Å². The smallest absolute Gasteiger partial charge is 0.225 e. The van der Waals surface area contributed by atoms with Gasteiger partial charge < -0.3 is 10.6 Å². The Hall–Kier alpha value is -2.88. The third-order valence-electron chi connectivity index (χ3n) is 3.54. The van der Waals surface area contributed by atoms with Crippen molar-refractivity contribution in [2.24, 2.45) is 0 Å². The van der Waals surface area contributed by atoms with Gasteiger partial charge in [-0.15, -0.1) is 0 Å². The molecule has 0 spiro atoms. The number of rotatable bonds is 5. The summed E-state index contributed by atoms with van der Waals surface area (Å²) < 4.78 is 0. The Morgan fingerprint density at radius 2 is 1.65 bits per heavy atom. The maximum absolute atomic E-state index is 4.60. The lowest BCUT2D eigenvalue weighted by molar-refractivity contribution is 1.09. The standard InChI is InChI=1S/C19H20N4/c1-3-20-19-22-17(15-10-5-4-6-11-15)13-18(23-19)21-16-12-8-7-9-14(16)2/h4-13H,3H2,1-2H3,(H2,20,21,22,23). The topological polar surface area (TPSA) is 49.8 Å².